The van der Waals surface area contributed by atoms with Crippen LogP contribution in [0.1, 0.15) is 40.4 Å². The van der Waals surface area contributed by atoms with Crippen LogP contribution in [0.3, 0.4) is 0 Å². The Morgan fingerprint density at radius 3 is 2.85 bits per heavy atom. The van der Waals surface area contributed by atoms with Crippen LogP contribution in [0.15, 0.2) is 58.1 Å². The van der Waals surface area contributed by atoms with E-state index in [9.17, 15) is 4.79 Å². The predicted octanol–water partition coefficient (Wildman–Crippen LogP) is 4.65. The van der Waals surface area contributed by atoms with Gasteiger partial charge in [0.25, 0.3) is 5.91 Å². The monoisotopic (exact) mass is 423 g/mol. The fourth-order valence-electron chi connectivity index (χ4n) is 3.00. The number of carbonyl (C=O) groups is 1. The Morgan fingerprint density at radius 2 is 2.07 bits per heavy atom. The molecule has 1 aliphatic rings. The number of amides is 1. The Labute approximate surface area is 165 Å². The number of para-hydroxylation sites is 1. The van der Waals surface area contributed by atoms with E-state index in [1.54, 1.807) is 13.3 Å². The second kappa shape index (κ2) is 7.48. The lowest BCUT2D eigenvalue weighted by atomic mass is 10.1. The van der Waals surface area contributed by atoms with Crippen LogP contribution < -0.4 is 10.2 Å². The quantitative estimate of drug-likeness (QED) is 0.479. The van der Waals surface area contributed by atoms with Gasteiger partial charge in [-0.2, -0.15) is 5.10 Å². The molecule has 1 N–H and O–H groups in total. The van der Waals surface area contributed by atoms with Gasteiger partial charge in [0.1, 0.15) is 5.75 Å². The van der Waals surface area contributed by atoms with Crippen molar-refractivity contribution in [2.24, 2.45) is 5.10 Å². The normalized spacial score (nSPS) is 13.9. The van der Waals surface area contributed by atoms with E-state index >= 15 is 0 Å². The van der Waals surface area contributed by atoms with Crippen LogP contribution >= 0.6 is 15.9 Å². The first-order valence-corrected chi connectivity index (χ1v) is 9.51. The molecule has 4 rings (SSSR count). The average Bonchev–Trinajstić information content (AvgIpc) is 3.52. The zero-order valence-electron chi connectivity index (χ0n) is 14.8. The SMILES string of the molecule is COc1ccc(Br)cc1C=NNC(=O)c1cc(C2CC2)nc2ccccc12. The number of carbonyl (C=O) groups excluding carboxylic acids is 1. The number of hydrogen-bond acceptors (Lipinski definition) is 4. The maximum atomic E-state index is 12.8. The van der Waals surface area contributed by atoms with Crippen LogP contribution in [0.25, 0.3) is 10.9 Å². The van der Waals surface area contributed by atoms with Crippen molar-refractivity contribution in [3.05, 3.63) is 69.8 Å². The Balaban J connectivity index is 1.61. The Kier molecular flexibility index (Phi) is 4.90. The van der Waals surface area contributed by atoms with E-state index < -0.39 is 0 Å². The molecule has 0 saturated heterocycles. The summed E-state index contributed by atoms with van der Waals surface area (Å²) >= 11 is 3.43. The molecule has 1 fully saturated rings. The number of nitrogens with zero attached hydrogens (tertiary/aromatic N) is 2. The summed E-state index contributed by atoms with van der Waals surface area (Å²) < 4.78 is 6.22. The summed E-state index contributed by atoms with van der Waals surface area (Å²) in [5.74, 6) is 0.901. The molecular weight excluding hydrogens is 406 g/mol. The third kappa shape index (κ3) is 3.85. The van der Waals surface area contributed by atoms with Crippen molar-refractivity contribution in [2.45, 2.75) is 18.8 Å². The fourth-order valence-corrected chi connectivity index (χ4v) is 3.38. The molecule has 0 aliphatic heterocycles. The highest BCUT2D eigenvalue weighted by Gasteiger charge is 2.26. The lowest BCUT2D eigenvalue weighted by molar-refractivity contribution is 0.0956. The lowest BCUT2D eigenvalue weighted by Gasteiger charge is -2.08. The number of ether oxygens (including phenoxy) is 1. The van der Waals surface area contributed by atoms with Crippen molar-refractivity contribution in [3.8, 4) is 5.75 Å². The molecule has 0 bridgehead atoms. The summed E-state index contributed by atoms with van der Waals surface area (Å²) in [4.78, 5) is 17.5. The van der Waals surface area contributed by atoms with Crippen molar-refractivity contribution in [1.82, 2.24) is 10.4 Å². The van der Waals surface area contributed by atoms with Gasteiger partial charge in [0.05, 0.1) is 24.4 Å². The van der Waals surface area contributed by atoms with Gasteiger partial charge in [-0.25, -0.2) is 5.43 Å². The van der Waals surface area contributed by atoms with Crippen LogP contribution in [0.4, 0.5) is 0 Å². The predicted molar refractivity (Wildman–Crippen MR) is 109 cm³/mol. The van der Waals surface area contributed by atoms with Crippen molar-refractivity contribution < 1.29 is 9.53 Å². The third-order valence-electron chi connectivity index (χ3n) is 4.54. The molecule has 136 valence electrons. The number of hydrogen-bond donors (Lipinski definition) is 1. The number of hydrazone groups is 1. The smallest absolute Gasteiger partial charge is 0.272 e. The van der Waals surface area contributed by atoms with Gasteiger partial charge in [-0.1, -0.05) is 34.1 Å². The van der Waals surface area contributed by atoms with E-state index in [0.29, 0.717) is 17.2 Å². The largest absolute Gasteiger partial charge is 0.496 e. The summed E-state index contributed by atoms with van der Waals surface area (Å²) in [5, 5.41) is 4.95. The molecule has 1 amide bonds. The molecule has 1 aliphatic carbocycles. The van der Waals surface area contributed by atoms with Gasteiger partial charge in [-0.05, 0) is 43.2 Å². The molecule has 3 aromatic rings. The number of pyridine rings is 1. The molecule has 6 heteroatoms. The van der Waals surface area contributed by atoms with E-state index in [2.05, 4.69) is 26.5 Å². The minimum Gasteiger partial charge on any atom is -0.496 e. The van der Waals surface area contributed by atoms with Crippen LogP contribution in [-0.4, -0.2) is 24.2 Å². The van der Waals surface area contributed by atoms with Crippen molar-refractivity contribution >= 4 is 39.0 Å². The van der Waals surface area contributed by atoms with Gasteiger partial charge in [0.15, 0.2) is 0 Å². The summed E-state index contributed by atoms with van der Waals surface area (Å²) in [6, 6.07) is 15.2. The van der Waals surface area contributed by atoms with E-state index in [1.807, 2.05) is 48.5 Å². The molecule has 5 nitrogen and oxygen atoms in total. The highest BCUT2D eigenvalue weighted by molar-refractivity contribution is 9.10. The second-order valence-corrected chi connectivity index (χ2v) is 7.39. The average molecular weight is 424 g/mol. The molecule has 1 saturated carbocycles. The highest BCUT2D eigenvalue weighted by Crippen LogP contribution is 2.40. The van der Waals surface area contributed by atoms with Crippen LogP contribution in [0, 0.1) is 0 Å². The standard InChI is InChI=1S/C21H18BrN3O2/c1-27-20-9-8-15(22)10-14(20)12-23-25-21(26)17-11-19(13-6-7-13)24-18-5-3-2-4-16(17)18/h2-5,8-13H,6-7H2,1H3,(H,25,26). The molecular formula is C21H18BrN3O2. The topological polar surface area (TPSA) is 63.6 Å². The van der Waals surface area contributed by atoms with E-state index in [1.165, 1.54) is 0 Å². The Bertz CT molecular complexity index is 1040. The summed E-state index contributed by atoms with van der Waals surface area (Å²) in [7, 11) is 1.60. The summed E-state index contributed by atoms with van der Waals surface area (Å²) in [5.41, 5.74) is 5.82. The maximum absolute atomic E-state index is 12.8. The minimum atomic E-state index is -0.249. The number of rotatable bonds is 5. The van der Waals surface area contributed by atoms with Gasteiger partial charge < -0.3 is 4.74 Å². The number of benzene rings is 2. The molecule has 1 aromatic heterocycles. The highest BCUT2D eigenvalue weighted by atomic mass is 79.9. The van der Waals surface area contributed by atoms with Crippen LogP contribution in [0.5, 0.6) is 5.75 Å². The van der Waals surface area contributed by atoms with Crippen molar-refractivity contribution in [3.63, 3.8) is 0 Å². The van der Waals surface area contributed by atoms with Crippen molar-refractivity contribution in [1.29, 1.82) is 0 Å². The zero-order valence-corrected chi connectivity index (χ0v) is 16.4. The molecule has 0 unspecified atom stereocenters. The van der Waals surface area contributed by atoms with Gasteiger partial charge in [0, 0.05) is 27.0 Å². The number of aromatic nitrogens is 1. The Hall–Kier alpha value is -2.73. The molecule has 1 heterocycles. The van der Waals surface area contributed by atoms with E-state index in [4.69, 9.17) is 9.72 Å². The molecule has 2 aromatic carbocycles. The van der Waals surface area contributed by atoms with Gasteiger partial charge in [-0.3, -0.25) is 9.78 Å². The second-order valence-electron chi connectivity index (χ2n) is 6.47. The fraction of sp³-hybridized carbons (Fsp3) is 0.190. The number of fused-ring (bicyclic) bond motifs is 1. The third-order valence-corrected chi connectivity index (χ3v) is 5.03. The molecule has 0 atom stereocenters. The molecule has 0 radical (unpaired) electrons. The van der Waals surface area contributed by atoms with Gasteiger partial charge in [-0.15, -0.1) is 0 Å². The number of nitrogens with one attached hydrogen (secondary N) is 1. The first kappa shape index (κ1) is 17.7. The molecule has 0 spiro atoms. The first-order valence-electron chi connectivity index (χ1n) is 8.72. The summed E-state index contributed by atoms with van der Waals surface area (Å²) in [6.45, 7) is 0. The number of methoxy groups -OCH3 is 1. The van der Waals surface area contributed by atoms with Crippen LogP contribution in [-0.2, 0) is 0 Å². The molecule has 27 heavy (non-hydrogen) atoms. The lowest BCUT2D eigenvalue weighted by Crippen LogP contribution is -2.18. The Morgan fingerprint density at radius 1 is 1.26 bits per heavy atom. The van der Waals surface area contributed by atoms with Crippen molar-refractivity contribution in [2.75, 3.05) is 7.11 Å². The minimum absolute atomic E-state index is 0.249. The van der Waals surface area contributed by atoms with Gasteiger partial charge >= 0.3 is 0 Å². The maximum Gasteiger partial charge on any atom is 0.272 e. The zero-order chi connectivity index (χ0) is 18.8. The van der Waals surface area contributed by atoms with E-state index in [-0.39, 0.29) is 5.91 Å². The van der Waals surface area contributed by atoms with Crippen LogP contribution in [0.2, 0.25) is 0 Å². The first-order chi connectivity index (χ1) is 13.2. The van der Waals surface area contributed by atoms with E-state index in [0.717, 1.165) is 39.5 Å². The van der Waals surface area contributed by atoms with Gasteiger partial charge in [0.2, 0.25) is 0 Å². The summed E-state index contributed by atoms with van der Waals surface area (Å²) in [6.07, 6.45) is 3.84. The number of halogens is 1.